The topological polar surface area (TPSA) is 70.6 Å². The first-order chi connectivity index (χ1) is 11.7. The minimum atomic E-state index is -2.91. The van der Waals surface area contributed by atoms with E-state index in [-0.39, 0.29) is 35.1 Å². The van der Waals surface area contributed by atoms with E-state index in [1.807, 2.05) is 0 Å². The lowest BCUT2D eigenvalue weighted by Crippen LogP contribution is -2.38. The van der Waals surface area contributed by atoms with Gasteiger partial charge in [0, 0.05) is 25.9 Å². The van der Waals surface area contributed by atoms with Gasteiger partial charge in [-0.2, -0.15) is 0 Å². The molecule has 0 saturated heterocycles. The van der Waals surface area contributed by atoms with Gasteiger partial charge in [0.25, 0.3) is 0 Å². The molecule has 0 spiro atoms. The fourth-order valence-electron chi connectivity index (χ4n) is 3.25. The Hall–Kier alpha value is -0.0500. The van der Waals surface area contributed by atoms with Gasteiger partial charge in [-0.25, -0.2) is 8.42 Å². The number of hydrogen-bond acceptors (Lipinski definition) is 3. The maximum Gasteiger partial charge on any atom is 0.191 e. The van der Waals surface area contributed by atoms with E-state index in [4.69, 9.17) is 0 Å². The summed E-state index contributed by atoms with van der Waals surface area (Å²) in [5, 5.41) is 6.71. The number of aliphatic imine (C=N–C) groups is 1. The van der Waals surface area contributed by atoms with Crippen LogP contribution in [0.15, 0.2) is 4.99 Å². The molecular formula is C19H40IN3O2S. The molecule has 5 nitrogen and oxygen atoms in total. The van der Waals surface area contributed by atoms with Gasteiger partial charge in [0.1, 0.15) is 9.84 Å². The van der Waals surface area contributed by atoms with Crippen LogP contribution in [0.4, 0.5) is 0 Å². The number of nitrogens with zero attached hydrogens (tertiary/aromatic N) is 1. The minimum absolute atomic E-state index is 0. The van der Waals surface area contributed by atoms with Crippen molar-refractivity contribution in [2.75, 3.05) is 31.6 Å². The number of nitrogens with one attached hydrogen (secondary N) is 2. The fraction of sp³-hybridized carbons (Fsp3) is 0.947. The molecule has 0 bridgehead atoms. The average Bonchev–Trinajstić information content (AvgIpc) is 2.55. The zero-order valence-corrected chi connectivity index (χ0v) is 20.3. The van der Waals surface area contributed by atoms with Crippen LogP contribution in [0, 0.1) is 11.3 Å². The van der Waals surface area contributed by atoms with Crippen molar-refractivity contribution in [2.45, 2.75) is 72.1 Å². The first kappa shape index (κ1) is 26.0. The van der Waals surface area contributed by atoms with Gasteiger partial charge in [-0.1, -0.05) is 46.0 Å². The summed E-state index contributed by atoms with van der Waals surface area (Å²) in [5.41, 5.74) is -0.118. The molecular weight excluding hydrogens is 461 g/mol. The quantitative estimate of drug-likeness (QED) is 0.206. The summed E-state index contributed by atoms with van der Waals surface area (Å²) in [4.78, 5) is 4.67. The molecule has 0 aliphatic heterocycles. The molecule has 26 heavy (non-hydrogen) atoms. The maximum absolute atomic E-state index is 11.4. The van der Waals surface area contributed by atoms with Crippen LogP contribution >= 0.6 is 24.0 Å². The Kier molecular flexibility index (Phi) is 13.2. The van der Waals surface area contributed by atoms with E-state index in [1.54, 1.807) is 0 Å². The molecule has 0 heterocycles. The zero-order chi connectivity index (χ0) is 18.8. The summed E-state index contributed by atoms with van der Waals surface area (Å²) in [5.74, 6) is 1.99. The van der Waals surface area contributed by atoms with Crippen LogP contribution in [0.3, 0.4) is 0 Å². The third-order valence-corrected chi connectivity index (χ3v) is 5.91. The second-order valence-electron chi connectivity index (χ2n) is 8.31. The molecule has 0 amide bonds. The number of hydrogen-bond donors (Lipinski definition) is 2. The monoisotopic (exact) mass is 501 g/mol. The minimum Gasteiger partial charge on any atom is -0.357 e. The van der Waals surface area contributed by atoms with Crippen LogP contribution in [-0.4, -0.2) is 46.0 Å². The van der Waals surface area contributed by atoms with Crippen LogP contribution < -0.4 is 10.6 Å². The van der Waals surface area contributed by atoms with Crippen LogP contribution in [0.25, 0.3) is 0 Å². The smallest absolute Gasteiger partial charge is 0.191 e. The Morgan fingerprint density at radius 2 is 1.81 bits per heavy atom. The van der Waals surface area contributed by atoms with E-state index in [0.29, 0.717) is 13.0 Å². The van der Waals surface area contributed by atoms with Gasteiger partial charge in [-0.05, 0) is 37.5 Å². The standard InChI is InChI=1S/C19H39N3O2S.HI/c1-5-20-18(21-14-9-12-17-10-7-6-8-11-17)22-16-19(2,3)13-15-25(4,23)24;/h17H,5-16H2,1-4H3,(H2,20,21,22);1H. The predicted molar refractivity (Wildman–Crippen MR) is 123 cm³/mol. The summed E-state index contributed by atoms with van der Waals surface area (Å²) in [6.07, 6.45) is 11.5. The van der Waals surface area contributed by atoms with E-state index in [1.165, 1.54) is 51.2 Å². The third-order valence-electron chi connectivity index (χ3n) is 4.97. The summed E-state index contributed by atoms with van der Waals surface area (Å²) >= 11 is 0. The molecule has 0 atom stereocenters. The van der Waals surface area contributed by atoms with Crippen molar-refractivity contribution in [2.24, 2.45) is 16.3 Å². The molecule has 0 aromatic carbocycles. The molecule has 156 valence electrons. The Balaban J connectivity index is 0.00000625. The highest BCUT2D eigenvalue weighted by atomic mass is 127. The third kappa shape index (κ3) is 13.2. The Morgan fingerprint density at radius 1 is 1.15 bits per heavy atom. The molecule has 0 aromatic rings. The number of halogens is 1. The summed E-state index contributed by atoms with van der Waals surface area (Å²) in [6, 6.07) is 0. The molecule has 1 saturated carbocycles. The Bertz CT molecular complexity index is 501. The van der Waals surface area contributed by atoms with E-state index in [9.17, 15) is 8.42 Å². The maximum atomic E-state index is 11.4. The fourth-order valence-corrected chi connectivity index (χ4v) is 4.17. The van der Waals surface area contributed by atoms with E-state index in [2.05, 4.69) is 36.4 Å². The highest BCUT2D eigenvalue weighted by molar-refractivity contribution is 14.0. The van der Waals surface area contributed by atoms with Crippen molar-refractivity contribution in [1.82, 2.24) is 10.6 Å². The largest absolute Gasteiger partial charge is 0.357 e. The molecule has 7 heteroatoms. The number of rotatable bonds is 10. The molecule has 0 unspecified atom stereocenters. The van der Waals surface area contributed by atoms with Gasteiger partial charge in [-0.3, -0.25) is 4.99 Å². The highest BCUT2D eigenvalue weighted by Crippen LogP contribution is 2.27. The first-order valence-corrected chi connectivity index (χ1v) is 12.0. The van der Waals surface area contributed by atoms with Crippen LogP contribution in [-0.2, 0) is 9.84 Å². The van der Waals surface area contributed by atoms with Crippen molar-refractivity contribution in [3.05, 3.63) is 0 Å². The van der Waals surface area contributed by atoms with E-state index in [0.717, 1.165) is 25.0 Å². The summed E-state index contributed by atoms with van der Waals surface area (Å²) < 4.78 is 22.7. The number of guanidine groups is 1. The van der Waals surface area contributed by atoms with Gasteiger partial charge in [0.15, 0.2) is 5.96 Å². The van der Waals surface area contributed by atoms with Gasteiger partial charge >= 0.3 is 0 Å². The number of sulfone groups is 1. The molecule has 1 fully saturated rings. The average molecular weight is 502 g/mol. The Morgan fingerprint density at radius 3 is 2.38 bits per heavy atom. The first-order valence-electron chi connectivity index (χ1n) is 9.92. The van der Waals surface area contributed by atoms with Crippen LogP contribution in [0.1, 0.15) is 72.1 Å². The molecule has 0 aromatic heterocycles. The second kappa shape index (κ2) is 13.2. The lowest BCUT2D eigenvalue weighted by molar-refractivity contribution is 0.332. The van der Waals surface area contributed by atoms with Gasteiger partial charge in [0.05, 0.1) is 5.75 Å². The van der Waals surface area contributed by atoms with Crippen molar-refractivity contribution in [3.63, 3.8) is 0 Å². The van der Waals surface area contributed by atoms with Crippen LogP contribution in [0.5, 0.6) is 0 Å². The van der Waals surface area contributed by atoms with E-state index < -0.39 is 9.84 Å². The van der Waals surface area contributed by atoms with Crippen molar-refractivity contribution >= 4 is 39.8 Å². The SMILES string of the molecule is CCNC(=NCC(C)(C)CCS(C)(=O)=O)NCCCC1CCCCC1.I. The lowest BCUT2D eigenvalue weighted by atomic mass is 9.86. The molecule has 0 radical (unpaired) electrons. The second-order valence-corrected chi connectivity index (χ2v) is 10.6. The van der Waals surface area contributed by atoms with Gasteiger partial charge in [-0.15, -0.1) is 24.0 Å². The van der Waals surface area contributed by atoms with Crippen LogP contribution in [0.2, 0.25) is 0 Å². The zero-order valence-electron chi connectivity index (χ0n) is 17.1. The molecule has 1 aliphatic rings. The Labute approximate surface area is 178 Å². The normalized spacial score (nSPS) is 16.8. The molecule has 1 aliphatic carbocycles. The van der Waals surface area contributed by atoms with Crippen molar-refractivity contribution in [1.29, 1.82) is 0 Å². The van der Waals surface area contributed by atoms with Crippen molar-refractivity contribution < 1.29 is 8.42 Å². The van der Waals surface area contributed by atoms with Crippen molar-refractivity contribution in [3.8, 4) is 0 Å². The molecule has 1 rings (SSSR count). The predicted octanol–water partition coefficient (Wildman–Crippen LogP) is 3.98. The van der Waals surface area contributed by atoms with Gasteiger partial charge < -0.3 is 10.6 Å². The summed E-state index contributed by atoms with van der Waals surface area (Å²) in [6.45, 7) is 8.63. The highest BCUT2D eigenvalue weighted by Gasteiger charge is 2.20. The lowest BCUT2D eigenvalue weighted by Gasteiger charge is -2.23. The molecule has 2 N–H and O–H groups in total. The summed E-state index contributed by atoms with van der Waals surface area (Å²) in [7, 11) is -2.91. The van der Waals surface area contributed by atoms with E-state index >= 15 is 0 Å². The van der Waals surface area contributed by atoms with Gasteiger partial charge in [0.2, 0.25) is 0 Å².